The van der Waals surface area contributed by atoms with Crippen molar-refractivity contribution in [3.05, 3.63) is 52.0 Å². The summed E-state index contributed by atoms with van der Waals surface area (Å²) in [5, 5.41) is 3.29. The van der Waals surface area contributed by atoms with E-state index in [1.54, 1.807) is 31.2 Å². The molecule has 2 rings (SSSR count). The first-order valence-electron chi connectivity index (χ1n) is 7.34. The van der Waals surface area contributed by atoms with Gasteiger partial charge >= 0.3 is 0 Å². The minimum atomic E-state index is -3.44. The number of halogens is 1. The minimum Gasteiger partial charge on any atom is -0.495 e. The number of hydrogen-bond donors (Lipinski definition) is 2. The number of methoxy groups -OCH3 is 1. The Kier molecular flexibility index (Phi) is 5.59. The van der Waals surface area contributed by atoms with Crippen molar-refractivity contribution in [1.82, 2.24) is 0 Å². The van der Waals surface area contributed by atoms with Crippen LogP contribution in [0.4, 0.5) is 11.4 Å². The van der Waals surface area contributed by atoms with E-state index < -0.39 is 15.9 Å². The van der Waals surface area contributed by atoms with Gasteiger partial charge in [0, 0.05) is 16.7 Å². The van der Waals surface area contributed by atoms with Crippen molar-refractivity contribution >= 4 is 38.9 Å². The molecule has 2 aromatic rings. The minimum absolute atomic E-state index is 0.311. The van der Waals surface area contributed by atoms with Crippen LogP contribution in [0.5, 0.6) is 5.75 Å². The number of benzene rings is 2. The fourth-order valence-corrected chi connectivity index (χ4v) is 2.97. The summed E-state index contributed by atoms with van der Waals surface area (Å²) in [7, 11) is -1.96. The van der Waals surface area contributed by atoms with Crippen molar-refractivity contribution in [2.24, 2.45) is 0 Å². The lowest BCUT2D eigenvalue weighted by Crippen LogP contribution is -2.15. The Morgan fingerprint density at radius 1 is 1.08 bits per heavy atom. The summed E-state index contributed by atoms with van der Waals surface area (Å²) in [5.41, 5.74) is 2.65. The molecule has 25 heavy (non-hydrogen) atoms. The lowest BCUT2D eigenvalue weighted by Gasteiger charge is -2.13. The van der Waals surface area contributed by atoms with E-state index in [0.717, 1.165) is 11.8 Å². The number of carbonyl (C=O) groups excluding carboxylic acids is 1. The number of nitrogens with one attached hydrogen (secondary N) is 2. The molecule has 0 bridgehead atoms. The summed E-state index contributed by atoms with van der Waals surface area (Å²) in [6.07, 6.45) is 1.06. The second-order valence-electron chi connectivity index (χ2n) is 5.66. The van der Waals surface area contributed by atoms with Crippen LogP contribution in [-0.4, -0.2) is 27.7 Å². The number of anilines is 2. The molecule has 0 radical (unpaired) electrons. The van der Waals surface area contributed by atoms with Gasteiger partial charge < -0.3 is 10.1 Å². The van der Waals surface area contributed by atoms with E-state index in [0.29, 0.717) is 33.3 Å². The van der Waals surface area contributed by atoms with Gasteiger partial charge in [0.25, 0.3) is 5.91 Å². The van der Waals surface area contributed by atoms with Crippen LogP contribution in [0, 0.1) is 13.8 Å². The number of sulfonamides is 1. The van der Waals surface area contributed by atoms with Gasteiger partial charge in [-0.25, -0.2) is 8.42 Å². The predicted octanol–water partition coefficient (Wildman–Crippen LogP) is 3.59. The smallest absolute Gasteiger partial charge is 0.255 e. The SMILES string of the molecule is COc1cc(Cl)c(C)cc1NC(=O)c1ccc(C)c(NS(C)(=O)=O)c1. The normalized spacial score (nSPS) is 11.1. The molecule has 0 fully saturated rings. The number of amides is 1. The number of hydrogen-bond acceptors (Lipinski definition) is 4. The van der Waals surface area contributed by atoms with Gasteiger partial charge in [-0.3, -0.25) is 9.52 Å². The molecule has 0 aliphatic rings. The maximum atomic E-state index is 12.5. The average molecular weight is 383 g/mol. The lowest BCUT2D eigenvalue weighted by atomic mass is 10.1. The topological polar surface area (TPSA) is 84.5 Å². The quantitative estimate of drug-likeness (QED) is 0.827. The second kappa shape index (κ2) is 7.33. The Hall–Kier alpha value is -2.25. The van der Waals surface area contributed by atoms with Crippen LogP contribution in [0.25, 0.3) is 0 Å². The van der Waals surface area contributed by atoms with Crippen LogP contribution in [0.15, 0.2) is 30.3 Å². The molecule has 0 atom stereocenters. The molecule has 0 spiro atoms. The third-order valence-corrected chi connectivity index (χ3v) is 4.52. The van der Waals surface area contributed by atoms with Crippen molar-refractivity contribution in [3.8, 4) is 5.75 Å². The van der Waals surface area contributed by atoms with Crippen molar-refractivity contribution < 1.29 is 17.9 Å². The molecule has 0 heterocycles. The molecule has 134 valence electrons. The highest BCUT2D eigenvalue weighted by Crippen LogP contribution is 2.31. The van der Waals surface area contributed by atoms with Gasteiger partial charge in [0.05, 0.1) is 24.7 Å². The number of carbonyl (C=O) groups is 1. The standard InChI is InChI=1S/C17H19ClN2O4S/c1-10-5-6-12(8-14(10)20-25(4,22)23)17(21)19-15-7-11(2)13(18)9-16(15)24-3/h5-9,20H,1-4H3,(H,19,21). The largest absolute Gasteiger partial charge is 0.495 e. The van der Waals surface area contributed by atoms with E-state index in [1.807, 2.05) is 6.92 Å². The first-order valence-corrected chi connectivity index (χ1v) is 9.61. The van der Waals surface area contributed by atoms with E-state index >= 15 is 0 Å². The van der Waals surface area contributed by atoms with Crippen molar-refractivity contribution in [2.75, 3.05) is 23.4 Å². The predicted molar refractivity (Wildman–Crippen MR) is 100 cm³/mol. The Balaban J connectivity index is 2.33. The summed E-state index contributed by atoms with van der Waals surface area (Å²) < 4.78 is 30.5. The second-order valence-corrected chi connectivity index (χ2v) is 7.82. The Labute approximate surface area is 152 Å². The summed E-state index contributed by atoms with van der Waals surface area (Å²) in [5.74, 6) is 0.0436. The van der Waals surface area contributed by atoms with Crippen LogP contribution in [0.1, 0.15) is 21.5 Å². The van der Waals surface area contributed by atoms with Gasteiger partial charge in [0.15, 0.2) is 0 Å². The number of ether oxygens (including phenoxy) is 1. The third-order valence-electron chi connectivity index (χ3n) is 3.52. The molecular weight excluding hydrogens is 364 g/mol. The molecule has 0 unspecified atom stereocenters. The van der Waals surface area contributed by atoms with E-state index in [1.165, 1.54) is 13.2 Å². The zero-order valence-electron chi connectivity index (χ0n) is 14.3. The fraction of sp³-hybridized carbons (Fsp3) is 0.235. The van der Waals surface area contributed by atoms with E-state index in [-0.39, 0.29) is 0 Å². The average Bonchev–Trinajstić information content (AvgIpc) is 2.51. The van der Waals surface area contributed by atoms with Gasteiger partial charge in [-0.15, -0.1) is 0 Å². The number of rotatable bonds is 5. The van der Waals surface area contributed by atoms with Crippen molar-refractivity contribution in [1.29, 1.82) is 0 Å². The highest BCUT2D eigenvalue weighted by Gasteiger charge is 2.14. The van der Waals surface area contributed by atoms with Crippen molar-refractivity contribution in [3.63, 3.8) is 0 Å². The Morgan fingerprint density at radius 2 is 1.76 bits per heavy atom. The molecule has 8 heteroatoms. The summed E-state index contributed by atoms with van der Waals surface area (Å²) in [6, 6.07) is 8.11. The summed E-state index contributed by atoms with van der Waals surface area (Å²) >= 11 is 6.06. The van der Waals surface area contributed by atoms with Crippen LogP contribution in [-0.2, 0) is 10.0 Å². The molecule has 0 aliphatic heterocycles. The maximum Gasteiger partial charge on any atom is 0.255 e. The first kappa shape index (κ1) is 19.1. The molecular formula is C17H19ClN2O4S. The fourth-order valence-electron chi connectivity index (χ4n) is 2.20. The number of aryl methyl sites for hydroxylation is 2. The van der Waals surface area contributed by atoms with Crippen LogP contribution in [0.2, 0.25) is 5.02 Å². The van der Waals surface area contributed by atoms with Gasteiger partial charge in [-0.05, 0) is 43.2 Å². The molecule has 0 saturated carbocycles. The van der Waals surface area contributed by atoms with E-state index in [9.17, 15) is 13.2 Å². The molecule has 6 nitrogen and oxygen atoms in total. The summed E-state index contributed by atoms with van der Waals surface area (Å²) in [6.45, 7) is 3.57. The zero-order chi connectivity index (χ0) is 18.8. The molecule has 0 aliphatic carbocycles. The highest BCUT2D eigenvalue weighted by molar-refractivity contribution is 7.92. The Morgan fingerprint density at radius 3 is 2.36 bits per heavy atom. The molecule has 0 saturated heterocycles. The first-order chi connectivity index (χ1) is 11.6. The van der Waals surface area contributed by atoms with Gasteiger partial charge in [-0.2, -0.15) is 0 Å². The van der Waals surface area contributed by atoms with Gasteiger partial charge in [-0.1, -0.05) is 17.7 Å². The highest BCUT2D eigenvalue weighted by atomic mass is 35.5. The molecule has 2 N–H and O–H groups in total. The van der Waals surface area contributed by atoms with Gasteiger partial charge in [0.2, 0.25) is 10.0 Å². The van der Waals surface area contributed by atoms with Gasteiger partial charge in [0.1, 0.15) is 5.75 Å². The van der Waals surface area contributed by atoms with Crippen LogP contribution < -0.4 is 14.8 Å². The molecule has 0 aromatic heterocycles. The van der Waals surface area contributed by atoms with Crippen LogP contribution in [0.3, 0.4) is 0 Å². The summed E-state index contributed by atoms with van der Waals surface area (Å²) in [4.78, 5) is 12.5. The van der Waals surface area contributed by atoms with Crippen LogP contribution >= 0.6 is 11.6 Å². The van der Waals surface area contributed by atoms with E-state index in [2.05, 4.69) is 10.0 Å². The van der Waals surface area contributed by atoms with Crippen molar-refractivity contribution in [2.45, 2.75) is 13.8 Å². The monoisotopic (exact) mass is 382 g/mol. The third kappa shape index (κ3) is 4.87. The molecule has 2 aromatic carbocycles. The lowest BCUT2D eigenvalue weighted by molar-refractivity contribution is 0.102. The molecule has 1 amide bonds. The van der Waals surface area contributed by atoms with E-state index in [4.69, 9.17) is 16.3 Å². The Bertz CT molecular complexity index is 926. The maximum absolute atomic E-state index is 12.5. The zero-order valence-corrected chi connectivity index (χ0v) is 15.9.